The van der Waals surface area contributed by atoms with E-state index >= 15 is 4.39 Å². The van der Waals surface area contributed by atoms with Crippen LogP contribution < -0.4 is 20.3 Å². The molecule has 2 saturated heterocycles. The topological polar surface area (TPSA) is 140 Å². The molecule has 2 N–H and O–H groups in total. The number of nitrogens with zero attached hydrogens (tertiary/aromatic N) is 7. The summed E-state index contributed by atoms with van der Waals surface area (Å²) in [7, 11) is -1.61. The maximum Gasteiger partial charge on any atom is 0.319 e. The molecule has 0 saturated carbocycles. The summed E-state index contributed by atoms with van der Waals surface area (Å²) < 4.78 is 36.9. The van der Waals surface area contributed by atoms with Crippen molar-refractivity contribution in [3.63, 3.8) is 0 Å². The summed E-state index contributed by atoms with van der Waals surface area (Å²) in [6.07, 6.45) is 5.13. The molecule has 3 unspecified atom stereocenters. The number of piperazine rings is 1. The third-order valence-electron chi connectivity index (χ3n) is 9.25. The van der Waals surface area contributed by atoms with Crippen molar-refractivity contribution in [3.05, 3.63) is 89.9 Å². The van der Waals surface area contributed by atoms with Gasteiger partial charge in [-0.3, -0.25) is 9.78 Å². The fraction of sp³-hybridized carbons (Fsp3) is 0.366. The molecule has 3 aromatic carbocycles. The van der Waals surface area contributed by atoms with Crippen LogP contribution in [0, 0.1) is 5.82 Å². The lowest BCUT2D eigenvalue weighted by Crippen LogP contribution is -2.51. The summed E-state index contributed by atoms with van der Waals surface area (Å²) in [5.74, 6) is -0.0362. The van der Waals surface area contributed by atoms with Crippen LogP contribution in [0.1, 0.15) is 67.1 Å². The van der Waals surface area contributed by atoms with Crippen LogP contribution in [0.15, 0.2) is 78.1 Å². The molecular weight excluding hydrogens is 753 g/mol. The molecule has 1 amide bonds. The van der Waals surface area contributed by atoms with Crippen molar-refractivity contribution >= 4 is 61.7 Å². The normalized spacial score (nSPS) is 16.8. The predicted molar refractivity (Wildman–Crippen MR) is 221 cm³/mol. The van der Waals surface area contributed by atoms with Gasteiger partial charge >= 0.3 is 6.01 Å². The summed E-state index contributed by atoms with van der Waals surface area (Å²) >= 11 is 6.59. The largest absolute Gasteiger partial charge is 0.453 e. The third kappa shape index (κ3) is 8.52. The van der Waals surface area contributed by atoms with E-state index in [2.05, 4.69) is 35.6 Å². The van der Waals surface area contributed by atoms with Gasteiger partial charge < -0.3 is 20.3 Å². The summed E-state index contributed by atoms with van der Waals surface area (Å²) in [5, 5.41) is 13.2. The van der Waals surface area contributed by atoms with Crippen LogP contribution in [0.2, 0.25) is 5.02 Å². The zero-order valence-electron chi connectivity index (χ0n) is 32.6. The number of nitrogens with one attached hydrogen (secondary N) is 2. The molecule has 0 aliphatic carbocycles. The number of fused-ring (bicyclic) bond motifs is 4. The van der Waals surface area contributed by atoms with Crippen molar-refractivity contribution in [2.24, 2.45) is 0 Å². The van der Waals surface area contributed by atoms with E-state index in [0.717, 1.165) is 18.2 Å². The number of pyridine rings is 1. The zero-order chi connectivity index (χ0) is 40.1. The summed E-state index contributed by atoms with van der Waals surface area (Å²) in [6, 6.07) is 18.0. The number of ether oxygens (including phenoxy) is 1. The number of anilines is 2. The number of rotatable bonds is 8. The third-order valence-corrected chi connectivity index (χ3v) is 10.8. The predicted octanol–water partition coefficient (Wildman–Crippen LogP) is 8.11. The van der Waals surface area contributed by atoms with Gasteiger partial charge in [0.1, 0.15) is 23.4 Å². The van der Waals surface area contributed by atoms with Crippen molar-refractivity contribution < 1.29 is 18.1 Å². The fourth-order valence-electron chi connectivity index (χ4n) is 6.74. The van der Waals surface area contributed by atoms with Crippen molar-refractivity contribution in [2.45, 2.75) is 83.7 Å². The molecule has 3 aromatic heterocycles. The van der Waals surface area contributed by atoms with Crippen LogP contribution in [0.3, 0.4) is 0 Å². The van der Waals surface area contributed by atoms with Gasteiger partial charge in [-0.05, 0) is 48.6 Å². The molecular formula is C41H47ClFN9O3S. The number of carbonyl (C=O) groups excluding carboxylic acids is 1. The first-order chi connectivity index (χ1) is 27.0. The first kappa shape index (κ1) is 40.6. The molecule has 5 heterocycles. The van der Waals surface area contributed by atoms with Gasteiger partial charge in [-0.2, -0.15) is 14.1 Å². The van der Waals surface area contributed by atoms with Gasteiger partial charge in [0.25, 0.3) is 5.91 Å². The second-order valence-corrected chi connectivity index (χ2v) is 15.8. The molecule has 0 radical (unpaired) electrons. The average molecular weight is 800 g/mol. The van der Waals surface area contributed by atoms with E-state index < -0.39 is 29.3 Å². The number of aromatic nitrogens is 6. The molecule has 2 bridgehead atoms. The van der Waals surface area contributed by atoms with Crippen LogP contribution in [-0.2, 0) is 21.2 Å². The fourth-order valence-corrected chi connectivity index (χ4v) is 7.89. The molecule has 6 aromatic rings. The van der Waals surface area contributed by atoms with Crippen LogP contribution in [0.4, 0.5) is 15.9 Å². The number of halogens is 2. The Hall–Kier alpha value is -5.05. The van der Waals surface area contributed by atoms with Gasteiger partial charge in [-0.1, -0.05) is 90.4 Å². The molecule has 2 fully saturated rings. The van der Waals surface area contributed by atoms with Gasteiger partial charge in [-0.15, -0.1) is 5.10 Å². The van der Waals surface area contributed by atoms with Gasteiger partial charge in [0.2, 0.25) is 0 Å². The molecule has 294 valence electrons. The van der Waals surface area contributed by atoms with E-state index in [-0.39, 0.29) is 34.7 Å². The highest BCUT2D eigenvalue weighted by molar-refractivity contribution is 7.83. The number of hydrogen-bond acceptors (Lipinski definition) is 10. The Bertz CT molecular complexity index is 2350. The average Bonchev–Trinajstić information content (AvgIpc) is 3.85. The Balaban J connectivity index is 0.00000129. The van der Waals surface area contributed by atoms with E-state index in [9.17, 15) is 9.00 Å². The van der Waals surface area contributed by atoms with E-state index in [4.69, 9.17) is 21.3 Å². The lowest BCUT2D eigenvalue weighted by molar-refractivity contribution is -0.118. The van der Waals surface area contributed by atoms with Gasteiger partial charge in [-0.25, -0.2) is 13.6 Å². The Kier molecular flexibility index (Phi) is 12.6. The molecule has 56 heavy (non-hydrogen) atoms. The highest BCUT2D eigenvalue weighted by Gasteiger charge is 2.34. The number of amides is 1. The van der Waals surface area contributed by atoms with Crippen molar-refractivity contribution in [1.82, 2.24) is 34.4 Å². The van der Waals surface area contributed by atoms with Crippen molar-refractivity contribution in [2.75, 3.05) is 29.9 Å². The Morgan fingerprint density at radius 1 is 0.982 bits per heavy atom. The van der Waals surface area contributed by atoms with Gasteiger partial charge in [0, 0.05) is 58.4 Å². The van der Waals surface area contributed by atoms with Crippen LogP contribution in [0.25, 0.3) is 32.9 Å². The summed E-state index contributed by atoms with van der Waals surface area (Å²) in [4.78, 5) is 33.7. The van der Waals surface area contributed by atoms with E-state index in [1.165, 1.54) is 10.4 Å². The van der Waals surface area contributed by atoms with Gasteiger partial charge in [0.05, 0.1) is 10.3 Å². The minimum Gasteiger partial charge on any atom is -0.453 e. The maximum atomic E-state index is 16.7. The second kappa shape index (κ2) is 17.4. The number of hydrogen-bond donors (Lipinski definition) is 2. The van der Waals surface area contributed by atoms with E-state index in [1.807, 2.05) is 72.7 Å². The Morgan fingerprint density at radius 3 is 2.32 bits per heavy atom. The standard InChI is InChI=1S/C37H35ClFN9O3S.2C2H6/c1-37(2,3)35-41-20-48(46-35)52(50)25-14-12-22(13-15-25)43-29(49)19-51-36-44-33-27(34(45-36)47-17-23-10-11-24(18-47)42-23)16-40-32(31(33)39)26-8-4-6-21-7-5-9-28(38)30(21)26;2*1-2/h4-9,12-16,20,23-24,42H,10-11,17-19H2,1-3H3,(H,43,49);2*1-2H3. The van der Waals surface area contributed by atoms with Crippen LogP contribution >= 0.6 is 11.6 Å². The maximum absolute atomic E-state index is 16.7. The molecule has 0 spiro atoms. The SMILES string of the molecule is CC.CC.CC(C)(C)c1ncn(S(=O)c2ccc(NC(=O)COc3nc(N4CC5CCC(C4)N5)c4cnc(-c5cccc6cccc(Cl)c56)c(F)c4n3)cc2)n1. The van der Waals surface area contributed by atoms with Crippen LogP contribution in [0.5, 0.6) is 6.01 Å². The van der Waals surface area contributed by atoms with Gasteiger partial charge in [0.15, 0.2) is 29.2 Å². The molecule has 12 nitrogen and oxygen atoms in total. The first-order valence-corrected chi connectivity index (χ1v) is 20.4. The summed E-state index contributed by atoms with van der Waals surface area (Å²) in [5.41, 5.74) is 0.857. The van der Waals surface area contributed by atoms with E-state index in [0.29, 0.717) is 56.7 Å². The Morgan fingerprint density at radius 2 is 1.66 bits per heavy atom. The van der Waals surface area contributed by atoms with Crippen LogP contribution in [-0.4, -0.2) is 71.0 Å². The molecule has 15 heteroatoms. The number of benzene rings is 3. The Labute approximate surface area is 333 Å². The summed E-state index contributed by atoms with van der Waals surface area (Å²) in [6.45, 7) is 14.9. The molecule has 3 atom stereocenters. The lowest BCUT2D eigenvalue weighted by atomic mass is 9.96. The van der Waals surface area contributed by atoms with Crippen molar-refractivity contribution in [3.8, 4) is 17.3 Å². The second-order valence-electron chi connectivity index (χ2n) is 14.0. The number of carbonyl (C=O) groups is 1. The monoisotopic (exact) mass is 799 g/mol. The minimum atomic E-state index is -1.61. The van der Waals surface area contributed by atoms with Crippen molar-refractivity contribution in [1.29, 1.82) is 0 Å². The van der Waals surface area contributed by atoms with E-state index in [1.54, 1.807) is 42.6 Å². The highest BCUT2D eigenvalue weighted by atomic mass is 35.5. The zero-order valence-corrected chi connectivity index (χ0v) is 34.2. The molecule has 8 rings (SSSR count). The quantitative estimate of drug-likeness (QED) is 0.155. The first-order valence-electron chi connectivity index (χ1n) is 18.9. The highest BCUT2D eigenvalue weighted by Crippen LogP contribution is 2.38. The lowest BCUT2D eigenvalue weighted by Gasteiger charge is -2.34. The molecule has 2 aliphatic rings. The smallest absolute Gasteiger partial charge is 0.319 e. The minimum absolute atomic E-state index is 0.0333. The molecule has 2 aliphatic heterocycles.